The van der Waals surface area contributed by atoms with Crippen LogP contribution in [-0.4, -0.2) is 37.7 Å². The van der Waals surface area contributed by atoms with Gasteiger partial charge in [-0.2, -0.15) is 0 Å². The van der Waals surface area contributed by atoms with Crippen LogP contribution in [0.2, 0.25) is 0 Å². The maximum Gasteiger partial charge on any atom is 0.258 e. The van der Waals surface area contributed by atoms with Crippen LogP contribution in [-0.2, 0) is 0 Å². The summed E-state index contributed by atoms with van der Waals surface area (Å²) in [6.07, 6.45) is 2.47. The molecule has 0 aromatic carbocycles. The molecule has 3 aromatic heterocycles. The van der Waals surface area contributed by atoms with Crippen LogP contribution in [0.3, 0.4) is 0 Å². The van der Waals surface area contributed by atoms with Crippen LogP contribution in [0, 0.1) is 0 Å². The Bertz CT molecular complexity index is 827. The van der Waals surface area contributed by atoms with Crippen molar-refractivity contribution in [2.75, 3.05) is 11.9 Å². The summed E-state index contributed by atoms with van der Waals surface area (Å²) in [5, 5.41) is 15.3. The van der Waals surface area contributed by atoms with Crippen LogP contribution in [0.15, 0.2) is 28.8 Å². The van der Waals surface area contributed by atoms with E-state index in [4.69, 9.17) is 0 Å². The Morgan fingerprint density at radius 3 is 3.14 bits per heavy atom. The molecule has 0 aliphatic carbocycles. The molecule has 0 aliphatic heterocycles. The van der Waals surface area contributed by atoms with Gasteiger partial charge in [0.25, 0.3) is 5.56 Å². The molecule has 0 unspecified atom stereocenters. The molecule has 1 atom stereocenters. The van der Waals surface area contributed by atoms with Gasteiger partial charge in [0.1, 0.15) is 16.9 Å². The molecule has 3 aromatic rings. The third-order valence-electron chi connectivity index (χ3n) is 2.85. The molecular formula is C13H13N5O2S. The molecule has 7 nitrogen and oxygen atoms in total. The van der Waals surface area contributed by atoms with Crippen LogP contribution in [0.5, 0.6) is 0 Å². The third kappa shape index (κ3) is 2.76. The smallest absolute Gasteiger partial charge is 0.258 e. The maximum atomic E-state index is 11.8. The molecule has 3 N–H and O–H groups in total. The standard InChI is InChI=1S/C13H13N5O2S/c1-7(19)4-15-13-18-9(5-21-13)11-10-8(2-3-14-11)12(20)17-6-16-10/h2-3,5-7,19H,4H2,1H3,(H,15,18)(H,16,17,20)/t7-/m0/s1. The second-order valence-corrected chi connectivity index (χ2v) is 5.41. The van der Waals surface area contributed by atoms with Crippen LogP contribution >= 0.6 is 11.3 Å². The molecule has 21 heavy (non-hydrogen) atoms. The predicted octanol–water partition coefficient (Wildman–Crippen LogP) is 1.23. The molecule has 3 rings (SSSR count). The van der Waals surface area contributed by atoms with Crippen LogP contribution < -0.4 is 10.9 Å². The fraction of sp³-hybridized carbons (Fsp3) is 0.231. The first-order chi connectivity index (χ1) is 10.1. The van der Waals surface area contributed by atoms with Crippen molar-refractivity contribution in [1.82, 2.24) is 19.9 Å². The van der Waals surface area contributed by atoms with Gasteiger partial charge in [-0.25, -0.2) is 9.97 Å². The van der Waals surface area contributed by atoms with E-state index >= 15 is 0 Å². The number of aliphatic hydroxyl groups is 1. The summed E-state index contributed by atoms with van der Waals surface area (Å²) in [4.78, 5) is 27.2. The zero-order valence-corrected chi connectivity index (χ0v) is 12.0. The molecule has 0 saturated carbocycles. The van der Waals surface area contributed by atoms with Gasteiger partial charge < -0.3 is 15.4 Å². The number of anilines is 1. The van der Waals surface area contributed by atoms with Crippen molar-refractivity contribution in [2.24, 2.45) is 0 Å². The Balaban J connectivity index is 2.01. The molecule has 0 bridgehead atoms. The monoisotopic (exact) mass is 303 g/mol. The van der Waals surface area contributed by atoms with Gasteiger partial charge in [0, 0.05) is 18.1 Å². The van der Waals surface area contributed by atoms with E-state index in [0.29, 0.717) is 34.0 Å². The summed E-state index contributed by atoms with van der Waals surface area (Å²) >= 11 is 1.41. The SMILES string of the molecule is C[C@H](O)CNc1nc(-c2nccc3c(=O)[nH]cnc23)cs1. The summed E-state index contributed by atoms with van der Waals surface area (Å²) < 4.78 is 0. The van der Waals surface area contributed by atoms with Gasteiger partial charge in [-0.1, -0.05) is 0 Å². The van der Waals surface area contributed by atoms with E-state index in [1.165, 1.54) is 17.7 Å². The van der Waals surface area contributed by atoms with Crippen LogP contribution in [0.25, 0.3) is 22.3 Å². The maximum absolute atomic E-state index is 11.8. The number of aliphatic hydroxyl groups excluding tert-OH is 1. The molecule has 0 spiro atoms. The van der Waals surface area contributed by atoms with Crippen molar-refractivity contribution in [3.05, 3.63) is 34.3 Å². The fourth-order valence-corrected chi connectivity index (χ4v) is 2.59. The van der Waals surface area contributed by atoms with Crippen LogP contribution in [0.4, 0.5) is 5.13 Å². The van der Waals surface area contributed by atoms with E-state index in [1.807, 2.05) is 5.38 Å². The zero-order chi connectivity index (χ0) is 14.8. The van der Waals surface area contributed by atoms with Gasteiger partial charge in [-0.3, -0.25) is 9.78 Å². The number of aromatic nitrogens is 4. The number of hydrogen-bond donors (Lipinski definition) is 3. The molecule has 8 heteroatoms. The van der Waals surface area contributed by atoms with Crippen molar-refractivity contribution in [1.29, 1.82) is 0 Å². The van der Waals surface area contributed by atoms with Crippen LogP contribution in [0.1, 0.15) is 6.92 Å². The van der Waals surface area contributed by atoms with Gasteiger partial charge in [-0.05, 0) is 13.0 Å². The normalized spacial score (nSPS) is 12.5. The molecule has 0 fully saturated rings. The average Bonchev–Trinajstić information content (AvgIpc) is 2.94. The summed E-state index contributed by atoms with van der Waals surface area (Å²) in [6, 6.07) is 1.63. The molecule has 0 saturated heterocycles. The minimum atomic E-state index is -0.451. The van der Waals surface area contributed by atoms with Crippen molar-refractivity contribution in [3.63, 3.8) is 0 Å². The topological polar surface area (TPSA) is 104 Å². The summed E-state index contributed by atoms with van der Waals surface area (Å²) in [5.41, 5.74) is 1.54. The fourth-order valence-electron chi connectivity index (χ4n) is 1.89. The molecule has 3 heterocycles. The van der Waals surface area contributed by atoms with Crippen molar-refractivity contribution < 1.29 is 5.11 Å². The van der Waals surface area contributed by atoms with Crippen molar-refractivity contribution in [2.45, 2.75) is 13.0 Å². The van der Waals surface area contributed by atoms with E-state index in [9.17, 15) is 9.90 Å². The number of H-pyrrole nitrogens is 1. The first-order valence-electron chi connectivity index (χ1n) is 6.35. The molecule has 0 amide bonds. The van der Waals surface area contributed by atoms with Gasteiger partial charge in [0.2, 0.25) is 0 Å². The lowest BCUT2D eigenvalue weighted by atomic mass is 10.2. The summed E-state index contributed by atoms with van der Waals surface area (Å²) in [7, 11) is 0. The van der Waals surface area contributed by atoms with Crippen molar-refractivity contribution >= 4 is 27.4 Å². The predicted molar refractivity (Wildman–Crippen MR) is 81.4 cm³/mol. The number of pyridine rings is 1. The number of thiazole rings is 1. The van der Waals surface area contributed by atoms with Gasteiger partial charge in [0.05, 0.1) is 17.8 Å². The highest BCUT2D eigenvalue weighted by molar-refractivity contribution is 7.14. The largest absolute Gasteiger partial charge is 0.392 e. The number of rotatable bonds is 4. The van der Waals surface area contributed by atoms with E-state index in [0.717, 1.165) is 0 Å². The summed E-state index contributed by atoms with van der Waals surface area (Å²) in [6.45, 7) is 2.12. The lowest BCUT2D eigenvalue weighted by Gasteiger charge is -2.04. The van der Waals surface area contributed by atoms with Gasteiger partial charge in [-0.15, -0.1) is 11.3 Å². The second kappa shape index (κ2) is 5.58. The molecule has 0 radical (unpaired) electrons. The highest BCUT2D eigenvalue weighted by atomic mass is 32.1. The highest BCUT2D eigenvalue weighted by Gasteiger charge is 2.12. The Morgan fingerprint density at radius 1 is 1.48 bits per heavy atom. The third-order valence-corrected chi connectivity index (χ3v) is 3.65. The summed E-state index contributed by atoms with van der Waals surface area (Å²) in [5.74, 6) is 0. The molecule has 108 valence electrons. The van der Waals surface area contributed by atoms with E-state index in [2.05, 4.69) is 25.3 Å². The average molecular weight is 303 g/mol. The minimum Gasteiger partial charge on any atom is -0.392 e. The quantitative estimate of drug-likeness (QED) is 0.670. The number of aromatic amines is 1. The Hall–Kier alpha value is -2.32. The van der Waals surface area contributed by atoms with E-state index < -0.39 is 6.10 Å². The number of hydrogen-bond acceptors (Lipinski definition) is 7. The van der Waals surface area contributed by atoms with Gasteiger partial charge >= 0.3 is 0 Å². The lowest BCUT2D eigenvalue weighted by Crippen LogP contribution is -2.15. The van der Waals surface area contributed by atoms with E-state index in [-0.39, 0.29) is 5.56 Å². The minimum absolute atomic E-state index is 0.202. The van der Waals surface area contributed by atoms with E-state index in [1.54, 1.807) is 19.2 Å². The zero-order valence-electron chi connectivity index (χ0n) is 11.2. The molecular weight excluding hydrogens is 290 g/mol. The first kappa shape index (κ1) is 13.7. The van der Waals surface area contributed by atoms with Crippen molar-refractivity contribution in [3.8, 4) is 11.4 Å². The number of fused-ring (bicyclic) bond motifs is 1. The van der Waals surface area contributed by atoms with Gasteiger partial charge in [0.15, 0.2) is 5.13 Å². The Labute approximate surface area is 123 Å². The Morgan fingerprint density at radius 2 is 2.33 bits per heavy atom. The lowest BCUT2D eigenvalue weighted by molar-refractivity contribution is 0.208. The number of nitrogens with zero attached hydrogens (tertiary/aromatic N) is 3. The number of nitrogens with one attached hydrogen (secondary N) is 2. The second-order valence-electron chi connectivity index (χ2n) is 4.56. The Kier molecular flexibility index (Phi) is 3.63. The first-order valence-corrected chi connectivity index (χ1v) is 7.23. The molecule has 0 aliphatic rings. The highest BCUT2D eigenvalue weighted by Crippen LogP contribution is 2.26.